The summed E-state index contributed by atoms with van der Waals surface area (Å²) in [5, 5.41) is 2.53. The van der Waals surface area contributed by atoms with Crippen molar-refractivity contribution in [1.82, 2.24) is 10.3 Å². The summed E-state index contributed by atoms with van der Waals surface area (Å²) < 4.78 is 10.4. The molecule has 0 saturated carbocycles. The highest BCUT2D eigenvalue weighted by atomic mass is 16.5. The van der Waals surface area contributed by atoms with E-state index in [1.165, 1.54) is 0 Å². The lowest BCUT2D eigenvalue weighted by Gasteiger charge is -2.10. The van der Waals surface area contributed by atoms with Crippen LogP contribution in [0.1, 0.15) is 11.3 Å². The minimum absolute atomic E-state index is 0.302. The standard InChI is InChI=1S/C12H14N2O3/c1-3-10-6-12(17-5-4-16-2)11(14-7-10)8-13-9-15/h1,6-7,9H,4-5,8H2,2H3,(H,13,15). The van der Waals surface area contributed by atoms with Crippen LogP contribution in [0.2, 0.25) is 0 Å². The van der Waals surface area contributed by atoms with Crippen LogP contribution in [0.25, 0.3) is 0 Å². The van der Waals surface area contributed by atoms with E-state index in [9.17, 15) is 4.79 Å². The summed E-state index contributed by atoms with van der Waals surface area (Å²) in [5.74, 6) is 3.04. The van der Waals surface area contributed by atoms with E-state index in [4.69, 9.17) is 15.9 Å². The zero-order valence-electron chi connectivity index (χ0n) is 9.60. The molecule has 0 atom stereocenters. The number of carbonyl (C=O) groups is 1. The van der Waals surface area contributed by atoms with Gasteiger partial charge < -0.3 is 14.8 Å². The first-order valence-electron chi connectivity index (χ1n) is 5.06. The second-order valence-corrected chi connectivity index (χ2v) is 3.15. The number of aromatic nitrogens is 1. The van der Waals surface area contributed by atoms with Crippen LogP contribution in [0.4, 0.5) is 0 Å². The molecule has 90 valence electrons. The SMILES string of the molecule is C#Cc1cnc(CNC=O)c(OCCOC)c1. The number of ether oxygens (including phenoxy) is 2. The Hall–Kier alpha value is -2.06. The molecule has 0 saturated heterocycles. The minimum atomic E-state index is 0.302. The molecule has 1 heterocycles. The molecule has 0 aliphatic rings. The quantitative estimate of drug-likeness (QED) is 0.420. The van der Waals surface area contributed by atoms with E-state index in [1.807, 2.05) is 0 Å². The van der Waals surface area contributed by atoms with Crippen molar-refractivity contribution >= 4 is 6.41 Å². The molecule has 0 unspecified atom stereocenters. The Kier molecular flexibility index (Phi) is 5.55. The van der Waals surface area contributed by atoms with E-state index in [0.29, 0.717) is 43.2 Å². The summed E-state index contributed by atoms with van der Waals surface area (Å²) in [7, 11) is 1.59. The Morgan fingerprint density at radius 3 is 3.06 bits per heavy atom. The van der Waals surface area contributed by atoms with Crippen molar-refractivity contribution in [3.8, 4) is 18.1 Å². The number of amides is 1. The van der Waals surface area contributed by atoms with Gasteiger partial charge >= 0.3 is 0 Å². The number of rotatable bonds is 7. The summed E-state index contributed by atoms with van der Waals surface area (Å²) in [4.78, 5) is 14.4. The summed E-state index contributed by atoms with van der Waals surface area (Å²) in [6.07, 6.45) is 7.45. The lowest BCUT2D eigenvalue weighted by molar-refractivity contribution is -0.109. The van der Waals surface area contributed by atoms with Gasteiger partial charge in [-0.1, -0.05) is 5.92 Å². The van der Waals surface area contributed by atoms with Crippen molar-refractivity contribution in [2.75, 3.05) is 20.3 Å². The van der Waals surface area contributed by atoms with Gasteiger partial charge in [-0.2, -0.15) is 0 Å². The molecule has 1 aromatic rings. The zero-order chi connectivity index (χ0) is 12.5. The first kappa shape index (κ1) is 13.0. The van der Waals surface area contributed by atoms with Gasteiger partial charge in [0.1, 0.15) is 18.1 Å². The Balaban J connectivity index is 2.79. The molecule has 17 heavy (non-hydrogen) atoms. The van der Waals surface area contributed by atoms with Crippen LogP contribution in [0.15, 0.2) is 12.3 Å². The average Bonchev–Trinajstić information content (AvgIpc) is 2.37. The van der Waals surface area contributed by atoms with E-state index in [2.05, 4.69) is 16.2 Å². The maximum absolute atomic E-state index is 10.2. The lowest BCUT2D eigenvalue weighted by atomic mass is 10.2. The smallest absolute Gasteiger partial charge is 0.207 e. The van der Waals surface area contributed by atoms with Crippen LogP contribution in [-0.4, -0.2) is 31.7 Å². The molecule has 5 heteroatoms. The molecule has 0 fully saturated rings. The van der Waals surface area contributed by atoms with Crippen molar-refractivity contribution in [2.45, 2.75) is 6.54 Å². The van der Waals surface area contributed by atoms with Gasteiger partial charge in [0.2, 0.25) is 6.41 Å². The molecule has 0 aliphatic heterocycles. The summed E-state index contributed by atoms with van der Waals surface area (Å²) in [6.45, 7) is 1.18. The minimum Gasteiger partial charge on any atom is -0.489 e. The largest absolute Gasteiger partial charge is 0.489 e. The molecular weight excluding hydrogens is 220 g/mol. The van der Waals surface area contributed by atoms with E-state index >= 15 is 0 Å². The third-order valence-electron chi connectivity index (χ3n) is 2.00. The lowest BCUT2D eigenvalue weighted by Crippen LogP contribution is -2.14. The molecule has 1 aromatic heterocycles. The number of nitrogens with zero attached hydrogens (tertiary/aromatic N) is 1. The monoisotopic (exact) mass is 234 g/mol. The zero-order valence-corrected chi connectivity index (χ0v) is 9.60. The number of hydrogen-bond acceptors (Lipinski definition) is 4. The Morgan fingerprint density at radius 1 is 1.59 bits per heavy atom. The molecule has 0 spiro atoms. The van der Waals surface area contributed by atoms with Gasteiger partial charge in [-0.25, -0.2) is 0 Å². The highest BCUT2D eigenvalue weighted by molar-refractivity contribution is 5.47. The molecule has 5 nitrogen and oxygen atoms in total. The number of nitrogens with one attached hydrogen (secondary N) is 1. The van der Waals surface area contributed by atoms with E-state index in [-0.39, 0.29) is 0 Å². The molecule has 0 bridgehead atoms. The van der Waals surface area contributed by atoms with Crippen molar-refractivity contribution in [3.05, 3.63) is 23.5 Å². The molecule has 0 aromatic carbocycles. The second kappa shape index (κ2) is 7.25. The summed E-state index contributed by atoms with van der Waals surface area (Å²) in [5.41, 5.74) is 1.26. The molecule has 0 radical (unpaired) electrons. The van der Waals surface area contributed by atoms with Crippen molar-refractivity contribution in [2.24, 2.45) is 0 Å². The van der Waals surface area contributed by atoms with E-state index < -0.39 is 0 Å². The Labute approximate surface area is 100 Å². The predicted molar refractivity (Wildman–Crippen MR) is 62.4 cm³/mol. The number of pyridine rings is 1. The molecule has 1 N–H and O–H groups in total. The van der Waals surface area contributed by atoms with Crippen molar-refractivity contribution < 1.29 is 14.3 Å². The number of terminal acetylenes is 1. The van der Waals surface area contributed by atoms with Crippen LogP contribution in [0.5, 0.6) is 5.75 Å². The van der Waals surface area contributed by atoms with Gasteiger partial charge in [0.25, 0.3) is 0 Å². The maximum Gasteiger partial charge on any atom is 0.207 e. The summed E-state index contributed by atoms with van der Waals surface area (Å²) in [6, 6.07) is 1.71. The van der Waals surface area contributed by atoms with E-state index in [0.717, 1.165) is 0 Å². The predicted octanol–water partition coefficient (Wildman–Crippen LogP) is 0.334. The Morgan fingerprint density at radius 2 is 2.41 bits per heavy atom. The molecule has 0 aliphatic carbocycles. The van der Waals surface area contributed by atoms with Crippen LogP contribution in [0.3, 0.4) is 0 Å². The first-order chi connectivity index (χ1) is 8.31. The molecule has 1 rings (SSSR count). The van der Waals surface area contributed by atoms with Crippen LogP contribution < -0.4 is 10.1 Å². The average molecular weight is 234 g/mol. The fourth-order valence-electron chi connectivity index (χ4n) is 1.18. The van der Waals surface area contributed by atoms with Gasteiger partial charge in [-0.15, -0.1) is 6.42 Å². The van der Waals surface area contributed by atoms with Crippen molar-refractivity contribution in [3.63, 3.8) is 0 Å². The van der Waals surface area contributed by atoms with Gasteiger partial charge in [0.15, 0.2) is 0 Å². The van der Waals surface area contributed by atoms with Crippen LogP contribution in [-0.2, 0) is 16.1 Å². The third kappa shape index (κ3) is 4.13. The van der Waals surface area contributed by atoms with Crippen LogP contribution in [0, 0.1) is 12.3 Å². The highest BCUT2D eigenvalue weighted by Gasteiger charge is 2.06. The first-order valence-corrected chi connectivity index (χ1v) is 5.06. The third-order valence-corrected chi connectivity index (χ3v) is 2.00. The van der Waals surface area contributed by atoms with Gasteiger partial charge in [0.05, 0.1) is 13.2 Å². The second-order valence-electron chi connectivity index (χ2n) is 3.15. The highest BCUT2D eigenvalue weighted by Crippen LogP contribution is 2.17. The molecular formula is C12H14N2O3. The fourth-order valence-corrected chi connectivity index (χ4v) is 1.18. The topological polar surface area (TPSA) is 60.5 Å². The Bertz CT molecular complexity index is 413. The summed E-state index contributed by atoms with van der Waals surface area (Å²) >= 11 is 0. The van der Waals surface area contributed by atoms with Crippen LogP contribution >= 0.6 is 0 Å². The maximum atomic E-state index is 10.2. The van der Waals surface area contributed by atoms with E-state index in [1.54, 1.807) is 19.4 Å². The van der Waals surface area contributed by atoms with Crippen molar-refractivity contribution in [1.29, 1.82) is 0 Å². The number of hydrogen-bond donors (Lipinski definition) is 1. The van der Waals surface area contributed by atoms with Gasteiger partial charge in [-0.3, -0.25) is 9.78 Å². The fraction of sp³-hybridized carbons (Fsp3) is 0.333. The normalized spacial score (nSPS) is 9.41. The van der Waals surface area contributed by atoms with Gasteiger partial charge in [-0.05, 0) is 6.07 Å². The number of carbonyl (C=O) groups excluding carboxylic acids is 1. The number of methoxy groups -OCH3 is 1. The van der Waals surface area contributed by atoms with Gasteiger partial charge in [0, 0.05) is 18.9 Å². The molecule has 1 amide bonds.